The molecule has 18 heavy (non-hydrogen) atoms. The van der Waals surface area contributed by atoms with Crippen molar-refractivity contribution in [1.29, 1.82) is 0 Å². The largest absolute Gasteiger partial charge is 0.482 e. The molecule has 0 spiro atoms. The lowest BCUT2D eigenvalue weighted by Gasteiger charge is -2.29. The summed E-state index contributed by atoms with van der Waals surface area (Å²) in [5, 5.41) is 0. The molecule has 1 amide bonds. The Morgan fingerprint density at radius 1 is 1.50 bits per heavy atom. The smallest absolute Gasteiger partial charge is 0.265 e. The van der Waals surface area contributed by atoms with E-state index >= 15 is 0 Å². The summed E-state index contributed by atoms with van der Waals surface area (Å²) in [5.41, 5.74) is 7.83. The van der Waals surface area contributed by atoms with E-state index in [1.54, 1.807) is 0 Å². The zero-order valence-electron chi connectivity index (χ0n) is 11.0. The van der Waals surface area contributed by atoms with Crippen molar-refractivity contribution >= 4 is 11.6 Å². The van der Waals surface area contributed by atoms with Crippen molar-refractivity contribution in [2.45, 2.75) is 32.7 Å². The van der Waals surface area contributed by atoms with Crippen molar-refractivity contribution in [3.8, 4) is 5.75 Å². The zero-order chi connectivity index (χ0) is 13.1. The average molecular weight is 248 g/mol. The molecule has 4 nitrogen and oxygen atoms in total. The number of ether oxygens (including phenoxy) is 1. The summed E-state index contributed by atoms with van der Waals surface area (Å²) >= 11 is 0. The number of nitrogens with two attached hydrogens (primary N) is 1. The fraction of sp³-hybridized carbons (Fsp3) is 0.500. The van der Waals surface area contributed by atoms with E-state index in [9.17, 15) is 4.79 Å². The van der Waals surface area contributed by atoms with Gasteiger partial charge in [-0.15, -0.1) is 0 Å². The van der Waals surface area contributed by atoms with Gasteiger partial charge in [-0.3, -0.25) is 4.79 Å². The van der Waals surface area contributed by atoms with Crippen LogP contribution < -0.4 is 15.4 Å². The molecule has 4 heteroatoms. The Bertz CT molecular complexity index is 443. The molecule has 2 N–H and O–H groups in total. The van der Waals surface area contributed by atoms with E-state index < -0.39 is 0 Å². The number of hydrogen-bond acceptors (Lipinski definition) is 3. The highest BCUT2D eigenvalue weighted by Crippen LogP contribution is 2.33. The van der Waals surface area contributed by atoms with Crippen molar-refractivity contribution < 1.29 is 9.53 Å². The Morgan fingerprint density at radius 2 is 2.28 bits per heavy atom. The van der Waals surface area contributed by atoms with Crippen LogP contribution in [0.2, 0.25) is 0 Å². The lowest BCUT2D eigenvalue weighted by Crippen LogP contribution is -2.39. The van der Waals surface area contributed by atoms with Gasteiger partial charge in [-0.25, -0.2) is 0 Å². The van der Waals surface area contributed by atoms with Crippen molar-refractivity contribution in [3.63, 3.8) is 0 Å². The molecular formula is C14H20N2O2. The maximum Gasteiger partial charge on any atom is 0.265 e. The highest BCUT2D eigenvalue weighted by Gasteiger charge is 2.24. The van der Waals surface area contributed by atoms with E-state index in [0.29, 0.717) is 0 Å². The van der Waals surface area contributed by atoms with E-state index in [2.05, 4.69) is 6.92 Å². The van der Waals surface area contributed by atoms with E-state index in [-0.39, 0.29) is 18.6 Å². The van der Waals surface area contributed by atoms with Crippen LogP contribution in [0.15, 0.2) is 18.2 Å². The Kier molecular flexibility index (Phi) is 3.87. The van der Waals surface area contributed by atoms with Gasteiger partial charge >= 0.3 is 0 Å². The third kappa shape index (κ3) is 2.64. The van der Waals surface area contributed by atoms with Crippen molar-refractivity contribution in [3.05, 3.63) is 23.8 Å². The maximum absolute atomic E-state index is 11.9. The van der Waals surface area contributed by atoms with Gasteiger partial charge in [0.25, 0.3) is 5.91 Å². The predicted octanol–water partition coefficient (Wildman–Crippen LogP) is 1.71. The Labute approximate surface area is 108 Å². The number of fused-ring (bicyclic) bond motifs is 1. The summed E-state index contributed by atoms with van der Waals surface area (Å²) in [5.74, 6) is 0.818. The quantitative estimate of drug-likeness (QED) is 0.882. The molecule has 0 aromatic heterocycles. The van der Waals surface area contributed by atoms with Crippen LogP contribution in [0.3, 0.4) is 0 Å². The number of rotatable bonds is 4. The molecule has 1 atom stereocenters. The number of amides is 1. The minimum atomic E-state index is 0.0299. The van der Waals surface area contributed by atoms with Crippen LogP contribution in [0.1, 0.15) is 25.8 Å². The van der Waals surface area contributed by atoms with E-state index in [1.165, 1.54) is 0 Å². The third-order valence-corrected chi connectivity index (χ3v) is 2.97. The first-order valence-corrected chi connectivity index (χ1v) is 6.43. The van der Waals surface area contributed by atoms with Gasteiger partial charge in [0, 0.05) is 12.6 Å². The van der Waals surface area contributed by atoms with Gasteiger partial charge in [0.05, 0.1) is 5.69 Å². The summed E-state index contributed by atoms with van der Waals surface area (Å²) in [7, 11) is 0. The number of hydrogen-bond donors (Lipinski definition) is 1. The highest BCUT2D eigenvalue weighted by atomic mass is 16.5. The number of nitrogens with zero attached hydrogens (tertiary/aromatic N) is 1. The predicted molar refractivity (Wildman–Crippen MR) is 71.9 cm³/mol. The average Bonchev–Trinajstić information content (AvgIpc) is 2.32. The molecule has 1 aliphatic rings. The second-order valence-corrected chi connectivity index (χ2v) is 4.82. The van der Waals surface area contributed by atoms with Gasteiger partial charge < -0.3 is 15.4 Å². The molecule has 0 bridgehead atoms. The number of anilines is 1. The molecule has 98 valence electrons. The SMILES string of the molecule is CCCN1C(=O)COc2ccc(CC(C)N)cc21. The second kappa shape index (κ2) is 5.40. The molecule has 1 heterocycles. The van der Waals surface area contributed by atoms with Crippen LogP contribution in [0.5, 0.6) is 5.75 Å². The van der Waals surface area contributed by atoms with E-state index in [4.69, 9.17) is 10.5 Å². The molecule has 1 aliphatic heterocycles. The van der Waals surface area contributed by atoms with Crippen LogP contribution in [-0.4, -0.2) is 25.1 Å². The molecule has 0 fully saturated rings. The van der Waals surface area contributed by atoms with E-state index in [0.717, 1.165) is 36.4 Å². The van der Waals surface area contributed by atoms with Crippen LogP contribution in [0.25, 0.3) is 0 Å². The molecule has 0 saturated heterocycles. The van der Waals surface area contributed by atoms with Gasteiger partial charge in [0.15, 0.2) is 6.61 Å². The van der Waals surface area contributed by atoms with Gasteiger partial charge in [-0.2, -0.15) is 0 Å². The van der Waals surface area contributed by atoms with Crippen LogP contribution in [0, 0.1) is 0 Å². The maximum atomic E-state index is 11.9. The molecule has 1 aromatic carbocycles. The van der Waals surface area contributed by atoms with Crippen molar-refractivity contribution in [2.75, 3.05) is 18.1 Å². The van der Waals surface area contributed by atoms with Gasteiger partial charge in [0.1, 0.15) is 5.75 Å². The second-order valence-electron chi connectivity index (χ2n) is 4.82. The first kappa shape index (κ1) is 12.9. The molecule has 2 rings (SSSR count). The topological polar surface area (TPSA) is 55.6 Å². The standard InChI is InChI=1S/C14H20N2O2/c1-3-6-16-12-8-11(7-10(2)15)4-5-13(12)18-9-14(16)17/h4-5,8,10H,3,6-7,9,15H2,1-2H3. The Morgan fingerprint density at radius 3 is 2.94 bits per heavy atom. The summed E-state index contributed by atoms with van der Waals surface area (Å²) in [4.78, 5) is 13.7. The number of benzene rings is 1. The summed E-state index contributed by atoms with van der Waals surface area (Å²) in [6, 6.07) is 6.08. The van der Waals surface area contributed by atoms with E-state index in [1.807, 2.05) is 30.0 Å². The fourth-order valence-corrected chi connectivity index (χ4v) is 2.22. The minimum absolute atomic E-state index is 0.0299. The monoisotopic (exact) mass is 248 g/mol. The normalized spacial score (nSPS) is 16.2. The van der Waals surface area contributed by atoms with Crippen LogP contribution in [0.4, 0.5) is 5.69 Å². The molecule has 0 saturated carbocycles. The summed E-state index contributed by atoms with van der Waals surface area (Å²) in [6.45, 7) is 4.91. The Balaban J connectivity index is 2.32. The highest BCUT2D eigenvalue weighted by molar-refractivity contribution is 5.97. The van der Waals surface area contributed by atoms with Crippen molar-refractivity contribution in [1.82, 2.24) is 0 Å². The fourth-order valence-electron chi connectivity index (χ4n) is 2.22. The summed E-state index contributed by atoms with van der Waals surface area (Å²) in [6.07, 6.45) is 1.74. The van der Waals surface area contributed by atoms with Gasteiger partial charge in [-0.05, 0) is 37.5 Å². The van der Waals surface area contributed by atoms with Gasteiger partial charge in [-0.1, -0.05) is 13.0 Å². The van der Waals surface area contributed by atoms with Crippen LogP contribution in [-0.2, 0) is 11.2 Å². The summed E-state index contributed by atoms with van der Waals surface area (Å²) < 4.78 is 5.45. The molecular weight excluding hydrogens is 228 g/mol. The van der Waals surface area contributed by atoms with Gasteiger partial charge in [0.2, 0.25) is 0 Å². The molecule has 1 unspecified atom stereocenters. The van der Waals surface area contributed by atoms with Crippen molar-refractivity contribution in [2.24, 2.45) is 5.73 Å². The minimum Gasteiger partial charge on any atom is -0.482 e. The molecule has 1 aromatic rings. The molecule has 0 aliphatic carbocycles. The number of carbonyl (C=O) groups excluding carboxylic acids is 1. The molecule has 0 radical (unpaired) electrons. The first-order valence-electron chi connectivity index (χ1n) is 6.43. The Hall–Kier alpha value is -1.55. The lowest BCUT2D eigenvalue weighted by molar-refractivity contribution is -0.121. The zero-order valence-corrected chi connectivity index (χ0v) is 11.0. The number of carbonyl (C=O) groups is 1. The third-order valence-electron chi connectivity index (χ3n) is 2.97. The van der Waals surface area contributed by atoms with Crippen LogP contribution >= 0.6 is 0 Å². The lowest BCUT2D eigenvalue weighted by atomic mass is 10.1. The first-order chi connectivity index (χ1) is 8.61.